The number of ether oxygens (including phenoxy) is 2. The van der Waals surface area contributed by atoms with E-state index in [4.69, 9.17) is 15.2 Å². The topological polar surface area (TPSA) is 111 Å². The molecule has 0 aliphatic carbocycles. The first-order valence-corrected chi connectivity index (χ1v) is 8.06. The highest BCUT2D eigenvalue weighted by atomic mass is 16.5. The van der Waals surface area contributed by atoms with Gasteiger partial charge in [-0.25, -0.2) is 0 Å². The van der Waals surface area contributed by atoms with Crippen LogP contribution in [0.1, 0.15) is 29.6 Å². The third-order valence-corrected chi connectivity index (χ3v) is 4.14. The molecule has 1 atom stereocenters. The van der Waals surface area contributed by atoms with E-state index in [0.29, 0.717) is 30.0 Å². The van der Waals surface area contributed by atoms with Crippen molar-refractivity contribution in [1.82, 2.24) is 10.2 Å². The minimum Gasteiger partial charge on any atom is -0.497 e. The number of hydrogen-bond acceptors (Lipinski definition) is 5. The standard InChI is InChI=1S/C17H23N3O5/c1-24-12-8-11(9-13(10-12)25-2)17(23)19-6-5-15(21)20-7-3-4-14(20)16(18)22/h8-10,14H,3-7H2,1-2H3,(H2,18,22)(H,19,23). The summed E-state index contributed by atoms with van der Waals surface area (Å²) < 4.78 is 10.3. The molecule has 1 aromatic carbocycles. The summed E-state index contributed by atoms with van der Waals surface area (Å²) in [6.45, 7) is 0.687. The molecule has 0 radical (unpaired) electrons. The van der Waals surface area contributed by atoms with Gasteiger partial charge in [-0.05, 0) is 25.0 Å². The van der Waals surface area contributed by atoms with Crippen molar-refractivity contribution in [3.63, 3.8) is 0 Å². The lowest BCUT2D eigenvalue weighted by Gasteiger charge is -2.22. The number of rotatable bonds is 7. The molecule has 1 aliphatic heterocycles. The number of hydrogen-bond donors (Lipinski definition) is 2. The smallest absolute Gasteiger partial charge is 0.251 e. The summed E-state index contributed by atoms with van der Waals surface area (Å²) in [5.74, 6) is -0.00931. The Morgan fingerprint density at radius 3 is 2.40 bits per heavy atom. The highest BCUT2D eigenvalue weighted by Crippen LogP contribution is 2.22. The van der Waals surface area contributed by atoms with Crippen LogP contribution < -0.4 is 20.5 Å². The van der Waals surface area contributed by atoms with Gasteiger partial charge in [-0.1, -0.05) is 0 Å². The summed E-state index contributed by atoms with van der Waals surface area (Å²) in [4.78, 5) is 37.3. The fraction of sp³-hybridized carbons (Fsp3) is 0.471. The van der Waals surface area contributed by atoms with Gasteiger partial charge in [0.05, 0.1) is 14.2 Å². The van der Waals surface area contributed by atoms with Crippen molar-refractivity contribution in [2.75, 3.05) is 27.3 Å². The summed E-state index contributed by atoms with van der Waals surface area (Å²) in [5.41, 5.74) is 5.68. The van der Waals surface area contributed by atoms with Crippen molar-refractivity contribution in [3.05, 3.63) is 23.8 Å². The average molecular weight is 349 g/mol. The normalized spacial score (nSPS) is 16.4. The SMILES string of the molecule is COc1cc(OC)cc(C(=O)NCCC(=O)N2CCCC2C(N)=O)c1. The van der Waals surface area contributed by atoms with Gasteiger partial charge in [-0.2, -0.15) is 0 Å². The molecule has 25 heavy (non-hydrogen) atoms. The Hall–Kier alpha value is -2.77. The second-order valence-electron chi connectivity index (χ2n) is 5.75. The highest BCUT2D eigenvalue weighted by Gasteiger charge is 2.32. The number of carbonyl (C=O) groups is 3. The number of amides is 3. The summed E-state index contributed by atoms with van der Waals surface area (Å²) in [6.07, 6.45) is 1.46. The molecule has 136 valence electrons. The molecular formula is C17H23N3O5. The van der Waals surface area contributed by atoms with Crippen molar-refractivity contribution < 1.29 is 23.9 Å². The quantitative estimate of drug-likeness (QED) is 0.735. The fourth-order valence-electron chi connectivity index (χ4n) is 2.83. The molecule has 0 bridgehead atoms. The molecule has 0 spiro atoms. The van der Waals surface area contributed by atoms with Crippen molar-refractivity contribution in [2.24, 2.45) is 5.73 Å². The van der Waals surface area contributed by atoms with Crippen molar-refractivity contribution in [3.8, 4) is 11.5 Å². The first-order chi connectivity index (χ1) is 12.0. The molecule has 0 aromatic heterocycles. The number of carbonyl (C=O) groups excluding carboxylic acids is 3. The molecule has 2 rings (SSSR count). The maximum Gasteiger partial charge on any atom is 0.251 e. The molecule has 8 heteroatoms. The minimum atomic E-state index is -0.536. The lowest BCUT2D eigenvalue weighted by atomic mass is 10.2. The van der Waals surface area contributed by atoms with Crippen LogP contribution in [-0.2, 0) is 9.59 Å². The number of nitrogens with zero attached hydrogens (tertiary/aromatic N) is 1. The van der Waals surface area contributed by atoms with E-state index in [1.807, 2.05) is 0 Å². The monoisotopic (exact) mass is 349 g/mol. The number of benzene rings is 1. The van der Waals surface area contributed by atoms with Gasteiger partial charge in [0, 0.05) is 31.1 Å². The fourth-order valence-corrected chi connectivity index (χ4v) is 2.83. The lowest BCUT2D eigenvalue weighted by Crippen LogP contribution is -2.44. The number of nitrogens with one attached hydrogen (secondary N) is 1. The van der Waals surface area contributed by atoms with E-state index >= 15 is 0 Å². The second kappa shape index (κ2) is 8.36. The lowest BCUT2D eigenvalue weighted by molar-refractivity contribution is -0.137. The molecule has 1 aliphatic rings. The van der Waals surface area contributed by atoms with Crippen LogP contribution in [0, 0.1) is 0 Å². The molecular weight excluding hydrogens is 326 g/mol. The van der Waals surface area contributed by atoms with Gasteiger partial charge in [-0.3, -0.25) is 14.4 Å². The molecule has 1 heterocycles. The Bertz CT molecular complexity index is 639. The Morgan fingerprint density at radius 1 is 1.20 bits per heavy atom. The van der Waals surface area contributed by atoms with E-state index in [-0.39, 0.29) is 24.8 Å². The van der Waals surface area contributed by atoms with E-state index in [0.717, 1.165) is 6.42 Å². The van der Waals surface area contributed by atoms with E-state index in [9.17, 15) is 14.4 Å². The van der Waals surface area contributed by atoms with Crippen LogP contribution in [0.3, 0.4) is 0 Å². The summed E-state index contributed by atoms with van der Waals surface area (Å²) in [5, 5.41) is 2.69. The van der Waals surface area contributed by atoms with Crippen molar-refractivity contribution >= 4 is 17.7 Å². The minimum absolute atomic E-state index is 0.108. The molecule has 1 fully saturated rings. The molecule has 3 amide bonds. The Morgan fingerprint density at radius 2 is 1.84 bits per heavy atom. The Balaban J connectivity index is 1.90. The first-order valence-electron chi connectivity index (χ1n) is 8.06. The zero-order chi connectivity index (χ0) is 18.4. The van der Waals surface area contributed by atoms with E-state index in [1.54, 1.807) is 18.2 Å². The van der Waals surface area contributed by atoms with Crippen LogP contribution in [0.15, 0.2) is 18.2 Å². The van der Waals surface area contributed by atoms with Gasteiger partial charge >= 0.3 is 0 Å². The maximum atomic E-state index is 12.2. The average Bonchev–Trinajstić information content (AvgIpc) is 3.11. The van der Waals surface area contributed by atoms with E-state index in [1.165, 1.54) is 19.1 Å². The third-order valence-electron chi connectivity index (χ3n) is 4.14. The second-order valence-corrected chi connectivity index (χ2v) is 5.75. The molecule has 1 aromatic rings. The van der Waals surface area contributed by atoms with Crippen LogP contribution in [0.2, 0.25) is 0 Å². The van der Waals surface area contributed by atoms with Crippen molar-refractivity contribution in [1.29, 1.82) is 0 Å². The number of likely N-dealkylation sites (tertiary alicyclic amines) is 1. The Kier molecular flexibility index (Phi) is 6.21. The highest BCUT2D eigenvalue weighted by molar-refractivity contribution is 5.95. The van der Waals surface area contributed by atoms with Gasteiger partial charge < -0.3 is 25.4 Å². The van der Waals surface area contributed by atoms with Gasteiger partial charge in [-0.15, -0.1) is 0 Å². The molecule has 0 saturated carbocycles. The van der Waals surface area contributed by atoms with Crippen molar-refractivity contribution in [2.45, 2.75) is 25.3 Å². The van der Waals surface area contributed by atoms with E-state index < -0.39 is 11.9 Å². The van der Waals surface area contributed by atoms with Gasteiger partial charge in [0.2, 0.25) is 11.8 Å². The predicted octanol–water partition coefficient (Wildman–Crippen LogP) is 0.300. The maximum absolute atomic E-state index is 12.2. The number of primary amides is 1. The third kappa shape index (κ3) is 4.62. The van der Waals surface area contributed by atoms with E-state index in [2.05, 4.69) is 5.32 Å². The first kappa shape index (κ1) is 18.6. The zero-order valence-corrected chi connectivity index (χ0v) is 14.4. The van der Waals surface area contributed by atoms with Crippen LogP contribution in [0.25, 0.3) is 0 Å². The van der Waals surface area contributed by atoms with Gasteiger partial charge in [0.25, 0.3) is 5.91 Å². The van der Waals surface area contributed by atoms with Gasteiger partial charge in [0.1, 0.15) is 17.5 Å². The van der Waals surface area contributed by atoms with Crippen LogP contribution >= 0.6 is 0 Å². The van der Waals surface area contributed by atoms with Crippen LogP contribution in [-0.4, -0.2) is 56.0 Å². The van der Waals surface area contributed by atoms with Gasteiger partial charge in [0.15, 0.2) is 0 Å². The number of methoxy groups -OCH3 is 2. The Labute approximate surface area is 146 Å². The van der Waals surface area contributed by atoms with Crippen LogP contribution in [0.4, 0.5) is 0 Å². The molecule has 3 N–H and O–H groups in total. The largest absolute Gasteiger partial charge is 0.497 e. The van der Waals surface area contributed by atoms with Crippen LogP contribution in [0.5, 0.6) is 11.5 Å². The molecule has 8 nitrogen and oxygen atoms in total. The summed E-state index contributed by atoms with van der Waals surface area (Å²) in [6, 6.07) is 4.30. The summed E-state index contributed by atoms with van der Waals surface area (Å²) in [7, 11) is 3.00. The predicted molar refractivity (Wildman–Crippen MR) is 90.4 cm³/mol. The number of nitrogens with two attached hydrogens (primary N) is 1. The zero-order valence-electron chi connectivity index (χ0n) is 14.4. The summed E-state index contributed by atoms with van der Waals surface area (Å²) >= 11 is 0. The molecule has 1 unspecified atom stereocenters. The molecule has 1 saturated heterocycles.